The van der Waals surface area contributed by atoms with Crippen molar-refractivity contribution in [2.24, 2.45) is 0 Å². The highest BCUT2D eigenvalue weighted by Gasteiger charge is 2.28. The molecule has 88 valence electrons. The molecule has 1 N–H and O–H groups in total. The van der Waals surface area contributed by atoms with Crippen LogP contribution in [-0.4, -0.2) is 28.5 Å². The second kappa shape index (κ2) is 4.80. The fraction of sp³-hybridized carbons (Fsp3) is 0.583. The van der Waals surface area contributed by atoms with E-state index in [0.717, 1.165) is 26.1 Å². The Hall–Kier alpha value is -1.13. The molecule has 1 aliphatic rings. The zero-order valence-electron chi connectivity index (χ0n) is 9.78. The fourth-order valence-electron chi connectivity index (χ4n) is 2.02. The predicted octanol–water partition coefficient (Wildman–Crippen LogP) is 1.64. The summed E-state index contributed by atoms with van der Waals surface area (Å²) >= 11 is 0. The molecule has 1 aromatic rings. The molecule has 2 heterocycles. The van der Waals surface area contributed by atoms with E-state index in [1.165, 1.54) is 12.0 Å². The van der Waals surface area contributed by atoms with Crippen LogP contribution >= 0.6 is 0 Å². The van der Waals surface area contributed by atoms with Crippen LogP contribution in [0.2, 0.25) is 0 Å². The van der Waals surface area contributed by atoms with E-state index in [-0.39, 0.29) is 5.60 Å². The maximum atomic E-state index is 5.71. The number of rotatable bonds is 5. The molecule has 1 fully saturated rings. The molecule has 1 unspecified atom stereocenters. The van der Waals surface area contributed by atoms with Crippen molar-refractivity contribution in [3.05, 3.63) is 24.5 Å². The van der Waals surface area contributed by atoms with E-state index < -0.39 is 0 Å². The molecule has 1 aromatic heterocycles. The van der Waals surface area contributed by atoms with Gasteiger partial charge in [0.15, 0.2) is 0 Å². The molecule has 2 rings (SSSR count). The average Bonchev–Trinajstić information content (AvgIpc) is 2.88. The first kappa shape index (κ1) is 11.4. The number of hydrogen-bond donors (Lipinski definition) is 1. The lowest BCUT2D eigenvalue weighted by Gasteiger charge is -2.23. The van der Waals surface area contributed by atoms with Crippen LogP contribution in [0.4, 0.5) is 0 Å². The van der Waals surface area contributed by atoms with Gasteiger partial charge in [0, 0.05) is 37.7 Å². The zero-order valence-corrected chi connectivity index (χ0v) is 9.78. The van der Waals surface area contributed by atoms with Gasteiger partial charge in [-0.3, -0.25) is 0 Å². The highest BCUT2D eigenvalue weighted by molar-refractivity contribution is 5.17. The van der Waals surface area contributed by atoms with Gasteiger partial charge in [0.1, 0.15) is 0 Å². The van der Waals surface area contributed by atoms with Crippen molar-refractivity contribution in [1.29, 1.82) is 0 Å². The number of aromatic nitrogens is 2. The van der Waals surface area contributed by atoms with Crippen LogP contribution < -0.4 is 5.32 Å². The Balaban J connectivity index is 1.77. The molecule has 4 heteroatoms. The van der Waals surface area contributed by atoms with Crippen LogP contribution in [0.3, 0.4) is 0 Å². The van der Waals surface area contributed by atoms with Crippen molar-refractivity contribution in [3.63, 3.8) is 0 Å². The summed E-state index contributed by atoms with van der Waals surface area (Å²) in [7, 11) is 0. The summed E-state index contributed by atoms with van der Waals surface area (Å²) in [5, 5.41) is 7.54. The van der Waals surface area contributed by atoms with Crippen LogP contribution in [0.15, 0.2) is 19.0 Å². The average molecular weight is 221 g/mol. The molecular formula is C12H19N3O. The molecule has 0 radical (unpaired) electrons. The number of hydrogen-bond acceptors (Lipinski definition) is 3. The van der Waals surface area contributed by atoms with Crippen molar-refractivity contribution in [1.82, 2.24) is 15.1 Å². The third-order valence-electron chi connectivity index (χ3n) is 2.97. The Morgan fingerprint density at radius 1 is 1.75 bits per heavy atom. The zero-order chi connectivity index (χ0) is 11.4. The van der Waals surface area contributed by atoms with Crippen LogP contribution in [0.5, 0.6) is 0 Å². The lowest BCUT2D eigenvalue weighted by molar-refractivity contribution is 0.0207. The van der Waals surface area contributed by atoms with E-state index in [0.29, 0.717) is 0 Å². The van der Waals surface area contributed by atoms with E-state index >= 15 is 0 Å². The van der Waals surface area contributed by atoms with Gasteiger partial charge in [-0.25, -0.2) is 4.68 Å². The van der Waals surface area contributed by atoms with Crippen LogP contribution in [-0.2, 0) is 11.3 Å². The predicted molar refractivity (Wildman–Crippen MR) is 63.9 cm³/mol. The molecule has 0 bridgehead atoms. The molecule has 0 amide bonds. The molecule has 1 saturated heterocycles. The molecule has 0 saturated carbocycles. The maximum absolute atomic E-state index is 5.71. The van der Waals surface area contributed by atoms with Gasteiger partial charge in [0.25, 0.3) is 0 Å². The number of nitrogens with zero attached hydrogens (tertiary/aromatic N) is 2. The van der Waals surface area contributed by atoms with Gasteiger partial charge in [-0.2, -0.15) is 5.10 Å². The van der Waals surface area contributed by atoms with E-state index in [2.05, 4.69) is 23.9 Å². The summed E-state index contributed by atoms with van der Waals surface area (Å²) in [6, 6.07) is 0. The lowest BCUT2D eigenvalue weighted by atomic mass is 10.0. The number of ether oxygens (including phenoxy) is 1. The minimum atomic E-state index is 0.0223. The van der Waals surface area contributed by atoms with Crippen LogP contribution in [0.1, 0.15) is 25.3 Å². The summed E-state index contributed by atoms with van der Waals surface area (Å²) in [5.41, 5.74) is 1.19. The maximum Gasteiger partial charge on any atom is 0.0779 e. The molecule has 0 spiro atoms. The van der Waals surface area contributed by atoms with E-state index in [9.17, 15) is 0 Å². The van der Waals surface area contributed by atoms with Crippen molar-refractivity contribution < 1.29 is 4.74 Å². The molecule has 1 atom stereocenters. The van der Waals surface area contributed by atoms with Crippen molar-refractivity contribution in [3.8, 4) is 0 Å². The minimum absolute atomic E-state index is 0.0223. The van der Waals surface area contributed by atoms with E-state index in [1.54, 1.807) is 10.9 Å². The Morgan fingerprint density at radius 3 is 3.25 bits per heavy atom. The third-order valence-corrected chi connectivity index (χ3v) is 2.97. The summed E-state index contributed by atoms with van der Waals surface area (Å²) in [6.45, 7) is 8.44. The van der Waals surface area contributed by atoms with E-state index in [1.807, 2.05) is 12.4 Å². The standard InChI is InChI=1S/C12H19N3O/c1-3-15-9-11(8-14-15)7-13-10-12(2)5-4-6-16-12/h3,8-9,13H,1,4-7,10H2,2H3. The first-order valence-electron chi connectivity index (χ1n) is 5.72. The largest absolute Gasteiger partial charge is 0.374 e. The van der Waals surface area contributed by atoms with Crippen molar-refractivity contribution in [2.75, 3.05) is 13.2 Å². The second-order valence-corrected chi connectivity index (χ2v) is 4.52. The first-order valence-corrected chi connectivity index (χ1v) is 5.72. The Bertz CT molecular complexity index is 353. The van der Waals surface area contributed by atoms with Crippen molar-refractivity contribution >= 4 is 6.20 Å². The normalized spacial score (nSPS) is 24.8. The second-order valence-electron chi connectivity index (χ2n) is 4.52. The smallest absolute Gasteiger partial charge is 0.0779 e. The summed E-state index contributed by atoms with van der Waals surface area (Å²) in [4.78, 5) is 0. The van der Waals surface area contributed by atoms with Gasteiger partial charge in [-0.15, -0.1) is 0 Å². The van der Waals surface area contributed by atoms with Gasteiger partial charge in [-0.05, 0) is 19.8 Å². The molecule has 16 heavy (non-hydrogen) atoms. The highest BCUT2D eigenvalue weighted by atomic mass is 16.5. The summed E-state index contributed by atoms with van der Waals surface area (Å²) in [6.07, 6.45) is 7.83. The van der Waals surface area contributed by atoms with Gasteiger partial charge in [-0.1, -0.05) is 6.58 Å². The van der Waals surface area contributed by atoms with Gasteiger partial charge in [0.05, 0.1) is 11.8 Å². The Morgan fingerprint density at radius 2 is 2.62 bits per heavy atom. The quantitative estimate of drug-likeness (QED) is 0.821. The molecule has 4 nitrogen and oxygen atoms in total. The van der Waals surface area contributed by atoms with E-state index in [4.69, 9.17) is 4.74 Å². The van der Waals surface area contributed by atoms with Gasteiger partial charge in [0.2, 0.25) is 0 Å². The Kier molecular flexibility index (Phi) is 3.41. The molecule has 1 aliphatic heterocycles. The number of nitrogens with one attached hydrogen (secondary N) is 1. The highest BCUT2D eigenvalue weighted by Crippen LogP contribution is 2.23. The molecule has 0 aromatic carbocycles. The summed E-state index contributed by atoms with van der Waals surface area (Å²) in [5.74, 6) is 0. The molecular weight excluding hydrogens is 202 g/mol. The minimum Gasteiger partial charge on any atom is -0.374 e. The van der Waals surface area contributed by atoms with Crippen LogP contribution in [0, 0.1) is 0 Å². The lowest BCUT2D eigenvalue weighted by Crippen LogP contribution is -2.36. The first-order chi connectivity index (χ1) is 7.72. The van der Waals surface area contributed by atoms with Crippen molar-refractivity contribution in [2.45, 2.75) is 31.9 Å². The van der Waals surface area contributed by atoms with Gasteiger partial charge < -0.3 is 10.1 Å². The Labute approximate surface area is 96.3 Å². The molecule has 0 aliphatic carbocycles. The SMILES string of the molecule is C=Cn1cc(CNCC2(C)CCCO2)cn1. The topological polar surface area (TPSA) is 39.1 Å². The third kappa shape index (κ3) is 2.71. The monoisotopic (exact) mass is 221 g/mol. The fourth-order valence-corrected chi connectivity index (χ4v) is 2.02. The van der Waals surface area contributed by atoms with Gasteiger partial charge >= 0.3 is 0 Å². The van der Waals surface area contributed by atoms with Crippen LogP contribution in [0.25, 0.3) is 6.20 Å². The summed E-state index contributed by atoms with van der Waals surface area (Å²) < 4.78 is 7.42.